The Morgan fingerprint density at radius 3 is 2.80 bits per heavy atom. The van der Waals surface area contributed by atoms with Crippen molar-refractivity contribution in [3.05, 3.63) is 72.6 Å². The first-order chi connectivity index (χ1) is 12.2. The summed E-state index contributed by atoms with van der Waals surface area (Å²) in [5.74, 6) is -0.338. The van der Waals surface area contributed by atoms with Crippen LogP contribution in [-0.2, 0) is 11.3 Å². The Bertz CT molecular complexity index is 896. The van der Waals surface area contributed by atoms with Crippen LogP contribution in [0, 0.1) is 5.92 Å². The lowest BCUT2D eigenvalue weighted by Crippen LogP contribution is -2.27. The van der Waals surface area contributed by atoms with Crippen molar-refractivity contribution in [3.8, 4) is 0 Å². The Morgan fingerprint density at radius 1 is 1.20 bits per heavy atom. The first-order valence-corrected chi connectivity index (χ1v) is 8.18. The van der Waals surface area contributed by atoms with E-state index in [-0.39, 0.29) is 11.8 Å². The highest BCUT2D eigenvalue weighted by Gasteiger charge is 2.14. The minimum atomic E-state index is -0.215. The molecule has 0 aliphatic heterocycles. The molecule has 0 spiro atoms. The number of nitrogens with one attached hydrogen (secondary N) is 1. The number of benzene rings is 2. The largest absolute Gasteiger partial charge is 0.330 e. The number of rotatable bonds is 6. The molecule has 1 atom stereocenters. The number of nitrogens with zero attached hydrogens (tertiary/aromatic N) is 3. The molecule has 1 amide bonds. The predicted molar refractivity (Wildman–Crippen MR) is 101 cm³/mol. The number of para-hydroxylation sites is 2. The Morgan fingerprint density at radius 2 is 1.96 bits per heavy atom. The predicted octanol–water partition coefficient (Wildman–Crippen LogP) is 3.49. The normalized spacial score (nSPS) is 12.8. The van der Waals surface area contributed by atoms with E-state index in [4.69, 9.17) is 0 Å². The van der Waals surface area contributed by atoms with Crippen LogP contribution in [0.15, 0.2) is 72.1 Å². The van der Waals surface area contributed by atoms with E-state index in [0.717, 1.165) is 16.6 Å². The molecule has 0 fully saturated rings. The van der Waals surface area contributed by atoms with Gasteiger partial charge in [-0.3, -0.25) is 4.79 Å². The molecule has 0 bridgehead atoms. The molecular weight excluding hydrogens is 312 g/mol. The van der Waals surface area contributed by atoms with E-state index in [2.05, 4.69) is 15.5 Å². The van der Waals surface area contributed by atoms with Gasteiger partial charge >= 0.3 is 0 Å². The molecule has 126 valence electrons. The van der Waals surface area contributed by atoms with E-state index >= 15 is 0 Å². The molecule has 0 saturated carbocycles. The molecule has 25 heavy (non-hydrogen) atoms. The van der Waals surface area contributed by atoms with Crippen LogP contribution in [0.4, 0.5) is 0 Å². The lowest BCUT2D eigenvalue weighted by molar-refractivity contribution is -0.124. The Labute approximate surface area is 146 Å². The summed E-state index contributed by atoms with van der Waals surface area (Å²) in [5.41, 5.74) is 5.61. The average molecular weight is 332 g/mol. The summed E-state index contributed by atoms with van der Waals surface area (Å²) in [6, 6.07) is 17.8. The summed E-state index contributed by atoms with van der Waals surface area (Å²) in [5, 5.41) is 3.96. The van der Waals surface area contributed by atoms with Crippen LogP contribution in [0.2, 0.25) is 0 Å². The number of allylic oxidation sites excluding steroid dienone is 1. The van der Waals surface area contributed by atoms with Gasteiger partial charge < -0.3 is 4.57 Å². The number of hydrazone groups is 1. The van der Waals surface area contributed by atoms with Crippen molar-refractivity contribution in [2.45, 2.75) is 13.5 Å². The second-order valence-corrected chi connectivity index (χ2v) is 5.81. The Balaban J connectivity index is 1.52. The summed E-state index contributed by atoms with van der Waals surface area (Å²) in [4.78, 5) is 16.5. The molecule has 0 aliphatic rings. The third-order valence-electron chi connectivity index (χ3n) is 3.87. The molecule has 1 N–H and O–H groups in total. The molecule has 0 aliphatic carbocycles. The molecule has 5 nitrogen and oxygen atoms in total. The van der Waals surface area contributed by atoms with Crippen LogP contribution in [0.5, 0.6) is 0 Å². The van der Waals surface area contributed by atoms with Crippen LogP contribution in [0.25, 0.3) is 17.1 Å². The smallest absolute Gasteiger partial charge is 0.244 e. The van der Waals surface area contributed by atoms with Crippen molar-refractivity contribution in [1.29, 1.82) is 0 Å². The molecule has 0 radical (unpaired) electrons. The number of hydrogen-bond donors (Lipinski definition) is 1. The van der Waals surface area contributed by atoms with Gasteiger partial charge in [0.15, 0.2) is 0 Å². The number of carbonyl (C=O) groups excluding carboxylic acids is 1. The standard InChI is InChI=1S/C20H20N4O/c1-16(14-24-15-21-18-11-5-6-12-19(18)24)20(25)23-22-13-7-10-17-8-3-2-4-9-17/h2-13,15-16H,14H2,1H3,(H,23,25)/b10-7+,22-13-/t16-/m1/s1. The van der Waals surface area contributed by atoms with Gasteiger partial charge in [-0.15, -0.1) is 0 Å². The van der Waals surface area contributed by atoms with Crippen LogP contribution < -0.4 is 5.43 Å². The van der Waals surface area contributed by atoms with Gasteiger partial charge in [-0.25, -0.2) is 10.4 Å². The highest BCUT2D eigenvalue weighted by molar-refractivity contribution is 5.82. The van der Waals surface area contributed by atoms with Crippen LogP contribution >= 0.6 is 0 Å². The van der Waals surface area contributed by atoms with Gasteiger partial charge in [-0.05, 0) is 23.8 Å². The average Bonchev–Trinajstić information content (AvgIpc) is 3.05. The van der Waals surface area contributed by atoms with E-state index in [1.165, 1.54) is 0 Å². The van der Waals surface area contributed by atoms with Gasteiger partial charge in [0.2, 0.25) is 5.91 Å². The summed E-state index contributed by atoms with van der Waals surface area (Å²) in [7, 11) is 0. The number of hydrogen-bond acceptors (Lipinski definition) is 3. The van der Waals surface area contributed by atoms with Gasteiger partial charge in [-0.2, -0.15) is 5.10 Å². The maximum atomic E-state index is 12.2. The zero-order valence-electron chi connectivity index (χ0n) is 14.0. The van der Waals surface area contributed by atoms with E-state index in [1.54, 1.807) is 18.6 Å². The summed E-state index contributed by atoms with van der Waals surface area (Å²) >= 11 is 0. The van der Waals surface area contributed by atoms with Crippen LogP contribution in [-0.4, -0.2) is 21.7 Å². The topological polar surface area (TPSA) is 59.3 Å². The molecular formula is C20H20N4O. The molecule has 3 aromatic rings. The molecule has 2 aromatic carbocycles. The van der Waals surface area contributed by atoms with E-state index in [9.17, 15) is 4.79 Å². The number of amides is 1. The maximum Gasteiger partial charge on any atom is 0.244 e. The van der Waals surface area contributed by atoms with Gasteiger partial charge in [0.05, 0.1) is 23.3 Å². The third kappa shape index (κ3) is 4.41. The van der Waals surface area contributed by atoms with Crippen molar-refractivity contribution in [2.75, 3.05) is 0 Å². The number of fused-ring (bicyclic) bond motifs is 1. The van der Waals surface area contributed by atoms with E-state index < -0.39 is 0 Å². The van der Waals surface area contributed by atoms with Crippen molar-refractivity contribution in [1.82, 2.24) is 15.0 Å². The van der Waals surface area contributed by atoms with Crippen molar-refractivity contribution in [2.24, 2.45) is 11.0 Å². The van der Waals surface area contributed by atoms with E-state index in [0.29, 0.717) is 6.54 Å². The quantitative estimate of drug-likeness (QED) is 0.555. The minimum absolute atomic E-state index is 0.123. The second kappa shape index (κ2) is 8.06. The van der Waals surface area contributed by atoms with Gasteiger partial charge in [-0.1, -0.05) is 55.5 Å². The summed E-state index contributed by atoms with van der Waals surface area (Å²) < 4.78 is 1.98. The molecule has 5 heteroatoms. The number of imidazole rings is 1. The van der Waals surface area contributed by atoms with E-state index in [1.807, 2.05) is 72.2 Å². The monoisotopic (exact) mass is 332 g/mol. The minimum Gasteiger partial charge on any atom is -0.330 e. The lowest BCUT2D eigenvalue weighted by Gasteiger charge is -2.11. The molecule has 0 saturated heterocycles. The third-order valence-corrected chi connectivity index (χ3v) is 3.87. The first kappa shape index (κ1) is 16.6. The summed E-state index contributed by atoms with van der Waals surface area (Å²) in [6.07, 6.45) is 7.06. The Hall–Kier alpha value is -3.21. The summed E-state index contributed by atoms with van der Waals surface area (Å²) in [6.45, 7) is 2.43. The molecule has 1 heterocycles. The maximum absolute atomic E-state index is 12.2. The molecule has 3 rings (SSSR count). The highest BCUT2D eigenvalue weighted by atomic mass is 16.2. The van der Waals surface area contributed by atoms with Gasteiger partial charge in [0.1, 0.15) is 0 Å². The zero-order chi connectivity index (χ0) is 17.5. The van der Waals surface area contributed by atoms with Crippen LogP contribution in [0.1, 0.15) is 12.5 Å². The lowest BCUT2D eigenvalue weighted by atomic mass is 10.1. The SMILES string of the molecule is C[C@H](Cn1cnc2ccccc21)C(=O)N/N=C\C=C\c1ccccc1. The second-order valence-electron chi connectivity index (χ2n) is 5.81. The number of carbonyl (C=O) groups is 1. The van der Waals surface area contributed by atoms with Crippen molar-refractivity contribution in [3.63, 3.8) is 0 Å². The van der Waals surface area contributed by atoms with Gasteiger partial charge in [0.25, 0.3) is 0 Å². The highest BCUT2D eigenvalue weighted by Crippen LogP contribution is 2.13. The number of aromatic nitrogens is 2. The fourth-order valence-corrected chi connectivity index (χ4v) is 2.51. The molecule has 1 aromatic heterocycles. The Kier molecular flexibility index (Phi) is 5.36. The fraction of sp³-hybridized carbons (Fsp3) is 0.150. The van der Waals surface area contributed by atoms with Crippen molar-refractivity contribution >= 4 is 29.2 Å². The van der Waals surface area contributed by atoms with Crippen LogP contribution in [0.3, 0.4) is 0 Å². The van der Waals surface area contributed by atoms with Gasteiger partial charge in [0, 0.05) is 12.8 Å². The molecule has 0 unspecified atom stereocenters. The fourth-order valence-electron chi connectivity index (χ4n) is 2.51. The van der Waals surface area contributed by atoms with Crippen molar-refractivity contribution < 1.29 is 4.79 Å². The first-order valence-electron chi connectivity index (χ1n) is 8.18. The zero-order valence-corrected chi connectivity index (χ0v) is 14.0.